The van der Waals surface area contributed by atoms with E-state index in [9.17, 15) is 14.4 Å². The van der Waals surface area contributed by atoms with Crippen molar-refractivity contribution in [1.82, 2.24) is 19.8 Å². The van der Waals surface area contributed by atoms with Crippen molar-refractivity contribution < 1.29 is 23.9 Å². The molecule has 4 rings (SSSR count). The number of hydrogen-bond donors (Lipinski definition) is 0. The molecule has 2 fully saturated rings. The zero-order valence-electron chi connectivity index (χ0n) is 18.5. The van der Waals surface area contributed by atoms with Gasteiger partial charge in [-0.25, -0.2) is 0 Å². The molecule has 5 atom stereocenters. The zero-order chi connectivity index (χ0) is 23.0. The number of carbonyl (C=O) groups excluding carboxylic acids is 3. The van der Waals surface area contributed by atoms with E-state index in [2.05, 4.69) is 9.97 Å². The second-order valence-corrected chi connectivity index (χ2v) is 8.25. The van der Waals surface area contributed by atoms with E-state index in [4.69, 9.17) is 9.47 Å². The molecule has 2 aliphatic rings. The average molecular weight is 438 g/mol. The Kier molecular flexibility index (Phi) is 5.79. The summed E-state index contributed by atoms with van der Waals surface area (Å²) in [5.41, 5.74) is 0.0464. The third-order valence-electron chi connectivity index (χ3n) is 6.55. The fraction of sp³-hybridized carbons (Fsp3) is 0.435. The van der Waals surface area contributed by atoms with Gasteiger partial charge in [-0.1, -0.05) is 12.1 Å². The van der Waals surface area contributed by atoms with Crippen LogP contribution in [0.25, 0.3) is 0 Å². The second-order valence-electron chi connectivity index (χ2n) is 8.25. The molecule has 0 spiro atoms. The number of piperidine rings is 1. The molecule has 9 nitrogen and oxygen atoms in total. The van der Waals surface area contributed by atoms with Gasteiger partial charge in [0.05, 0.1) is 43.4 Å². The fourth-order valence-corrected chi connectivity index (χ4v) is 5.17. The summed E-state index contributed by atoms with van der Waals surface area (Å²) in [6, 6.07) is 10.0. The van der Waals surface area contributed by atoms with Crippen molar-refractivity contribution in [3.05, 3.63) is 60.2 Å². The predicted molar refractivity (Wildman–Crippen MR) is 113 cm³/mol. The highest BCUT2D eigenvalue weighted by molar-refractivity contribution is 6.11. The topological polar surface area (TPSA) is 102 Å². The van der Waals surface area contributed by atoms with Crippen LogP contribution in [-0.2, 0) is 29.4 Å². The average Bonchev–Trinajstić information content (AvgIpc) is 2.80. The summed E-state index contributed by atoms with van der Waals surface area (Å²) in [4.78, 5) is 52.9. The molecule has 0 radical (unpaired) electrons. The first kappa shape index (κ1) is 22.0. The first-order valence-electron chi connectivity index (χ1n) is 10.3. The van der Waals surface area contributed by atoms with E-state index in [-0.39, 0.29) is 6.17 Å². The Morgan fingerprint density at radius 3 is 2.22 bits per heavy atom. The summed E-state index contributed by atoms with van der Waals surface area (Å²) >= 11 is 0. The number of carbonyl (C=O) groups is 3. The molecule has 4 heterocycles. The van der Waals surface area contributed by atoms with Crippen molar-refractivity contribution in [3.8, 4) is 0 Å². The van der Waals surface area contributed by atoms with E-state index >= 15 is 0 Å². The number of esters is 2. The molecule has 0 aliphatic carbocycles. The summed E-state index contributed by atoms with van der Waals surface area (Å²) in [6.07, 6.45) is 3.54. The van der Waals surface area contributed by atoms with Crippen LogP contribution in [0.2, 0.25) is 0 Å². The lowest BCUT2D eigenvalue weighted by Gasteiger charge is -2.66. The van der Waals surface area contributed by atoms with Gasteiger partial charge in [-0.3, -0.25) is 34.2 Å². The van der Waals surface area contributed by atoms with Crippen molar-refractivity contribution >= 4 is 17.7 Å². The van der Waals surface area contributed by atoms with Gasteiger partial charge >= 0.3 is 11.9 Å². The van der Waals surface area contributed by atoms with Crippen LogP contribution in [-0.4, -0.2) is 72.0 Å². The fourth-order valence-electron chi connectivity index (χ4n) is 5.17. The summed E-state index contributed by atoms with van der Waals surface area (Å²) < 4.78 is 10.1. The number of hydrogen-bond acceptors (Lipinski definition) is 9. The van der Waals surface area contributed by atoms with Crippen LogP contribution in [0.5, 0.6) is 0 Å². The van der Waals surface area contributed by atoms with E-state index in [0.29, 0.717) is 17.8 Å². The minimum atomic E-state index is -1.24. The molecular weight excluding hydrogens is 412 g/mol. The van der Waals surface area contributed by atoms with Gasteiger partial charge in [0, 0.05) is 18.8 Å². The minimum Gasteiger partial charge on any atom is -0.468 e. The number of aromatic nitrogens is 2. The molecule has 2 aliphatic heterocycles. The van der Waals surface area contributed by atoms with Crippen LogP contribution in [0.3, 0.4) is 0 Å². The molecule has 0 aromatic carbocycles. The highest BCUT2D eigenvalue weighted by Gasteiger charge is 2.71. The Morgan fingerprint density at radius 1 is 1.03 bits per heavy atom. The lowest BCUT2D eigenvalue weighted by Crippen LogP contribution is -2.78. The Labute approximate surface area is 186 Å². The molecule has 168 valence electrons. The third-order valence-corrected chi connectivity index (χ3v) is 6.55. The van der Waals surface area contributed by atoms with Gasteiger partial charge < -0.3 is 9.47 Å². The van der Waals surface area contributed by atoms with Gasteiger partial charge in [-0.15, -0.1) is 0 Å². The predicted octanol–water partition coefficient (Wildman–Crippen LogP) is 1.17. The molecule has 32 heavy (non-hydrogen) atoms. The highest BCUT2D eigenvalue weighted by atomic mass is 16.5. The van der Waals surface area contributed by atoms with Crippen molar-refractivity contribution in [1.29, 1.82) is 0 Å². The van der Waals surface area contributed by atoms with E-state index in [1.54, 1.807) is 42.7 Å². The number of pyridine rings is 2. The van der Waals surface area contributed by atoms with E-state index < -0.39 is 41.1 Å². The monoisotopic (exact) mass is 438 g/mol. The molecule has 0 saturated carbocycles. The van der Waals surface area contributed by atoms with Gasteiger partial charge in [0.1, 0.15) is 11.8 Å². The lowest BCUT2D eigenvalue weighted by molar-refractivity contribution is -0.230. The van der Waals surface area contributed by atoms with Crippen molar-refractivity contribution in [2.75, 3.05) is 28.3 Å². The van der Waals surface area contributed by atoms with E-state index in [1.807, 2.05) is 30.0 Å². The number of ether oxygens (including phenoxy) is 2. The van der Waals surface area contributed by atoms with Gasteiger partial charge in [0.15, 0.2) is 5.78 Å². The lowest BCUT2D eigenvalue weighted by atomic mass is 9.59. The highest BCUT2D eigenvalue weighted by Crippen LogP contribution is 2.60. The standard InChI is InChI=1S/C23H26N4O5/c1-26(2)16-13-23(15-10-6-8-12-25-15)18(22(30)32-4)20(28)17(21(29)31-3)19(27(16)23)14-9-5-7-11-24-14/h5-12,16-19H,13H2,1-4H3. The van der Waals surface area contributed by atoms with Gasteiger partial charge in [0.25, 0.3) is 0 Å². The molecule has 9 heteroatoms. The number of rotatable bonds is 5. The smallest absolute Gasteiger partial charge is 0.318 e. The summed E-state index contributed by atoms with van der Waals surface area (Å²) in [7, 11) is 6.31. The van der Waals surface area contributed by atoms with Crippen LogP contribution >= 0.6 is 0 Å². The second kappa shape index (κ2) is 8.40. The summed E-state index contributed by atoms with van der Waals surface area (Å²) in [6.45, 7) is 0. The molecule has 0 amide bonds. The summed E-state index contributed by atoms with van der Waals surface area (Å²) in [5, 5.41) is 0. The Balaban J connectivity index is 2.00. The molecule has 0 bridgehead atoms. The number of Topliss-reactive ketones (excluding diaryl/α,β-unsaturated/α-hetero) is 1. The molecule has 0 N–H and O–H groups in total. The van der Waals surface area contributed by atoms with Crippen LogP contribution in [0, 0.1) is 11.8 Å². The SMILES string of the molecule is COC(=O)C1C(=O)C(C(=O)OC)C2(c3ccccn3)CC(N(C)C)N2C1c1ccccn1. The molecule has 2 aromatic heterocycles. The Morgan fingerprint density at radius 2 is 1.69 bits per heavy atom. The minimum absolute atomic E-state index is 0.170. The Bertz CT molecular complexity index is 1020. The largest absolute Gasteiger partial charge is 0.468 e. The van der Waals surface area contributed by atoms with E-state index in [0.717, 1.165) is 0 Å². The number of fused-ring (bicyclic) bond motifs is 1. The maximum atomic E-state index is 13.9. The number of ketones is 1. The van der Waals surface area contributed by atoms with Crippen LogP contribution in [0.4, 0.5) is 0 Å². The first-order chi connectivity index (χ1) is 15.4. The molecule has 2 aromatic rings. The van der Waals surface area contributed by atoms with Crippen LogP contribution in [0.15, 0.2) is 48.8 Å². The number of methoxy groups -OCH3 is 2. The molecule has 2 saturated heterocycles. The molecule has 5 unspecified atom stereocenters. The first-order valence-corrected chi connectivity index (χ1v) is 10.3. The van der Waals surface area contributed by atoms with E-state index in [1.165, 1.54) is 14.2 Å². The van der Waals surface area contributed by atoms with Crippen molar-refractivity contribution in [3.63, 3.8) is 0 Å². The van der Waals surface area contributed by atoms with Gasteiger partial charge in [-0.05, 0) is 38.4 Å². The van der Waals surface area contributed by atoms with Crippen molar-refractivity contribution in [2.45, 2.75) is 24.2 Å². The maximum Gasteiger partial charge on any atom is 0.318 e. The number of nitrogens with zero attached hydrogens (tertiary/aromatic N) is 4. The zero-order valence-corrected chi connectivity index (χ0v) is 18.5. The van der Waals surface area contributed by atoms with Crippen molar-refractivity contribution in [2.24, 2.45) is 11.8 Å². The summed E-state index contributed by atoms with van der Waals surface area (Å²) in [5.74, 6) is -4.42. The van der Waals surface area contributed by atoms with Gasteiger partial charge in [-0.2, -0.15) is 0 Å². The quantitative estimate of drug-likeness (QED) is 0.503. The molecular formula is C23H26N4O5. The van der Waals surface area contributed by atoms with Crippen LogP contribution in [0.1, 0.15) is 23.9 Å². The van der Waals surface area contributed by atoms with Crippen LogP contribution < -0.4 is 0 Å². The van der Waals surface area contributed by atoms with Gasteiger partial charge in [0.2, 0.25) is 0 Å². The third kappa shape index (κ3) is 3.11. The maximum absolute atomic E-state index is 13.9. The normalized spacial score (nSPS) is 29.7. The Hall–Kier alpha value is -3.17.